The number of thioether (sulfide) groups is 1. The van der Waals surface area contributed by atoms with E-state index in [9.17, 15) is 63.5 Å². The Balaban J connectivity index is 2.66. The van der Waals surface area contributed by atoms with Crippen molar-refractivity contribution in [3.63, 3.8) is 0 Å². The first-order valence-corrected chi connectivity index (χ1v) is 24.7. The van der Waals surface area contributed by atoms with Crippen LogP contribution in [0, 0.1) is 0 Å². The SMILES string of the molecule is CC(C)(C)OC(=O)NCCCN(CCCCN(CCCNC(=O)[C@@H]1CSC(C)(C)N1C(=O)CCCCCCCCCCC(F)(F)C(F)(F)C(F)(F)C(F)(F)F)C(=O)OC(C)(C)C)C(=O)OC(C)(C)C. The van der Waals surface area contributed by atoms with E-state index >= 15 is 0 Å². The molecule has 13 nitrogen and oxygen atoms in total. The molecule has 0 aliphatic carbocycles. The predicted molar refractivity (Wildman–Crippen MR) is 246 cm³/mol. The van der Waals surface area contributed by atoms with Gasteiger partial charge in [0.25, 0.3) is 0 Å². The molecule has 1 saturated heterocycles. The molecule has 0 unspecified atom stereocenters. The van der Waals surface area contributed by atoms with E-state index in [-0.39, 0.29) is 50.7 Å². The van der Waals surface area contributed by atoms with Gasteiger partial charge in [-0.05, 0) is 115 Å². The lowest BCUT2D eigenvalue weighted by atomic mass is 9.97. The van der Waals surface area contributed by atoms with Crippen LogP contribution in [0.15, 0.2) is 0 Å². The molecule has 1 rings (SSSR count). The van der Waals surface area contributed by atoms with Crippen LogP contribution in [-0.2, 0) is 23.8 Å². The third-order valence-electron chi connectivity index (χ3n) is 10.5. The molecule has 1 atom stereocenters. The van der Waals surface area contributed by atoms with Crippen LogP contribution in [0.5, 0.6) is 0 Å². The van der Waals surface area contributed by atoms with Gasteiger partial charge in [-0.15, -0.1) is 11.8 Å². The quantitative estimate of drug-likeness (QED) is 0.0466. The third-order valence-corrected chi connectivity index (χ3v) is 11.9. The standard InChI is InChI=1S/C46H78F9N5O8S/c1-39(2,3)66-36(63)57-27-23-31-59(38(65)68-41(7,8)9)29-21-20-28-58(37(64)67-40(4,5)6)30-22-26-56-35(62)33-32-69-42(10,11)60(33)34(61)24-18-16-14-12-13-15-17-19-25-43(47,48)44(49,50)45(51,52)46(53,54)55/h33H,12-32H2,1-11H3,(H,56,62)(H,57,63)/t33-/m0/s1. The van der Waals surface area contributed by atoms with Crippen LogP contribution in [0.3, 0.4) is 0 Å². The molecule has 0 bridgehead atoms. The molecule has 1 aliphatic rings. The van der Waals surface area contributed by atoms with Gasteiger partial charge in [-0.1, -0.05) is 38.5 Å². The van der Waals surface area contributed by atoms with Gasteiger partial charge in [-0.3, -0.25) is 9.59 Å². The molecule has 1 heterocycles. The Kier molecular flexibility index (Phi) is 24.6. The molecule has 404 valence electrons. The summed E-state index contributed by atoms with van der Waals surface area (Å²) in [6.45, 7) is 21.2. The smallest absolute Gasteiger partial charge is 0.444 e. The number of alkyl carbamates (subject to hydrolysis) is 1. The van der Waals surface area contributed by atoms with Gasteiger partial charge in [0, 0.05) is 57.9 Å². The first-order chi connectivity index (χ1) is 31.4. The molecule has 1 fully saturated rings. The minimum Gasteiger partial charge on any atom is -0.444 e. The number of carbonyl (C=O) groups is 5. The topological polar surface area (TPSA) is 147 Å². The second-order valence-corrected chi connectivity index (χ2v) is 22.4. The molecule has 5 amide bonds. The fraction of sp³-hybridized carbons (Fsp3) is 0.891. The minimum atomic E-state index is -6.88. The normalized spacial score (nSPS) is 15.9. The molecule has 0 spiro atoms. The summed E-state index contributed by atoms with van der Waals surface area (Å²) in [6, 6.07) is -0.743. The zero-order chi connectivity index (χ0) is 53.3. The Morgan fingerprint density at radius 1 is 0.565 bits per heavy atom. The van der Waals surface area contributed by atoms with Crippen LogP contribution >= 0.6 is 11.8 Å². The Hall–Kier alpha value is -3.53. The summed E-state index contributed by atoms with van der Waals surface area (Å²) in [5, 5.41) is 5.59. The van der Waals surface area contributed by atoms with Gasteiger partial charge in [0.2, 0.25) is 11.8 Å². The number of halogens is 9. The van der Waals surface area contributed by atoms with Gasteiger partial charge in [0.15, 0.2) is 0 Å². The average molecular weight is 1030 g/mol. The number of hydrogen-bond donors (Lipinski definition) is 2. The summed E-state index contributed by atoms with van der Waals surface area (Å²) in [4.78, 5) is 69.3. The first-order valence-electron chi connectivity index (χ1n) is 23.7. The van der Waals surface area contributed by atoms with Gasteiger partial charge in [-0.25, -0.2) is 14.4 Å². The van der Waals surface area contributed by atoms with Gasteiger partial charge in [0.05, 0.1) is 4.87 Å². The van der Waals surface area contributed by atoms with Crippen molar-refractivity contribution in [3.8, 4) is 0 Å². The summed E-state index contributed by atoms with van der Waals surface area (Å²) >= 11 is 1.46. The summed E-state index contributed by atoms with van der Waals surface area (Å²) in [5.74, 6) is -19.2. The summed E-state index contributed by atoms with van der Waals surface area (Å²) in [7, 11) is 0. The monoisotopic (exact) mass is 1030 g/mol. The molecule has 0 saturated carbocycles. The van der Waals surface area contributed by atoms with Gasteiger partial charge in [0.1, 0.15) is 22.8 Å². The predicted octanol–water partition coefficient (Wildman–Crippen LogP) is 11.7. The maximum Gasteiger partial charge on any atom is 0.460 e. The molecule has 1 aliphatic heterocycles. The molecule has 0 aromatic rings. The van der Waals surface area contributed by atoms with Gasteiger partial charge >= 0.3 is 42.2 Å². The first kappa shape index (κ1) is 63.5. The van der Waals surface area contributed by atoms with Crippen molar-refractivity contribution in [2.75, 3.05) is 45.0 Å². The van der Waals surface area contributed by atoms with Crippen molar-refractivity contribution in [1.29, 1.82) is 0 Å². The largest absolute Gasteiger partial charge is 0.460 e. The lowest BCUT2D eigenvalue weighted by Crippen LogP contribution is -2.60. The van der Waals surface area contributed by atoms with Crippen LogP contribution in [0.4, 0.5) is 53.9 Å². The van der Waals surface area contributed by atoms with E-state index in [4.69, 9.17) is 14.2 Å². The summed E-state index contributed by atoms with van der Waals surface area (Å²) < 4.78 is 134. The third kappa shape index (κ3) is 22.6. The van der Waals surface area contributed by atoms with E-state index in [0.29, 0.717) is 83.2 Å². The van der Waals surface area contributed by atoms with Crippen LogP contribution < -0.4 is 10.6 Å². The Bertz CT molecular complexity index is 1640. The van der Waals surface area contributed by atoms with E-state index < -0.39 is 82.8 Å². The Morgan fingerprint density at radius 2 is 0.971 bits per heavy atom. The van der Waals surface area contributed by atoms with Crippen LogP contribution in [0.2, 0.25) is 0 Å². The molecule has 0 aromatic heterocycles. The lowest BCUT2D eigenvalue weighted by molar-refractivity contribution is -0.396. The number of nitrogens with one attached hydrogen (secondary N) is 2. The molecule has 0 aromatic carbocycles. The van der Waals surface area contributed by atoms with Crippen molar-refractivity contribution in [3.05, 3.63) is 0 Å². The fourth-order valence-corrected chi connectivity index (χ4v) is 8.29. The number of hydrogen-bond acceptors (Lipinski definition) is 9. The number of carbonyl (C=O) groups excluding carboxylic acids is 5. The Morgan fingerprint density at radius 3 is 1.41 bits per heavy atom. The highest BCUT2D eigenvalue weighted by atomic mass is 32.2. The fourth-order valence-electron chi connectivity index (χ4n) is 7.06. The second-order valence-electron chi connectivity index (χ2n) is 20.8. The van der Waals surface area contributed by atoms with E-state index in [1.165, 1.54) is 11.8 Å². The molecule has 23 heteroatoms. The highest BCUT2D eigenvalue weighted by molar-refractivity contribution is 8.00. The maximum absolute atomic E-state index is 13.7. The van der Waals surface area contributed by atoms with Gasteiger partial charge < -0.3 is 39.5 Å². The zero-order valence-corrected chi connectivity index (χ0v) is 43.2. The van der Waals surface area contributed by atoms with Crippen molar-refractivity contribution < 1.29 is 77.7 Å². The van der Waals surface area contributed by atoms with Crippen molar-refractivity contribution in [2.24, 2.45) is 0 Å². The van der Waals surface area contributed by atoms with Crippen molar-refractivity contribution >= 4 is 41.9 Å². The van der Waals surface area contributed by atoms with E-state index in [2.05, 4.69) is 10.6 Å². The zero-order valence-electron chi connectivity index (χ0n) is 42.3. The number of rotatable bonds is 27. The molecular weight excluding hydrogens is 954 g/mol. The minimum absolute atomic E-state index is 0.0756. The van der Waals surface area contributed by atoms with E-state index in [1.807, 2.05) is 13.8 Å². The maximum atomic E-state index is 13.7. The number of ether oxygens (including phenoxy) is 3. The highest BCUT2D eigenvalue weighted by Crippen LogP contribution is 2.54. The van der Waals surface area contributed by atoms with Crippen LogP contribution in [-0.4, -0.2) is 141 Å². The number of amides is 5. The number of nitrogens with zero attached hydrogens (tertiary/aromatic N) is 3. The number of unbranched alkanes of at least 4 members (excludes halogenated alkanes) is 8. The Labute approximate surface area is 406 Å². The van der Waals surface area contributed by atoms with E-state index in [1.54, 1.807) is 77.0 Å². The molecular formula is C46H78F9N5O8S. The highest BCUT2D eigenvalue weighted by Gasteiger charge is 2.81. The summed E-state index contributed by atoms with van der Waals surface area (Å²) in [5.41, 5.74) is -2.15. The van der Waals surface area contributed by atoms with Crippen LogP contribution in [0.25, 0.3) is 0 Å². The number of alkyl halides is 9. The molecule has 2 N–H and O–H groups in total. The van der Waals surface area contributed by atoms with Crippen molar-refractivity contribution in [2.45, 2.75) is 218 Å². The van der Waals surface area contributed by atoms with Crippen molar-refractivity contribution in [1.82, 2.24) is 25.3 Å². The lowest BCUT2D eigenvalue weighted by Gasteiger charge is -2.34. The molecule has 69 heavy (non-hydrogen) atoms. The second kappa shape index (κ2) is 26.8. The van der Waals surface area contributed by atoms with Crippen LogP contribution in [0.1, 0.15) is 166 Å². The van der Waals surface area contributed by atoms with E-state index in [0.717, 1.165) is 0 Å². The molecule has 0 radical (unpaired) electrons. The average Bonchev–Trinajstić information content (AvgIpc) is 3.50. The summed E-state index contributed by atoms with van der Waals surface area (Å²) in [6.07, 6.45) is -5.99. The van der Waals surface area contributed by atoms with Gasteiger partial charge in [-0.2, -0.15) is 39.5 Å².